The molecule has 0 spiro atoms. The molecule has 3 aromatic rings. The number of amides is 5. The number of nitrogens with zero attached hydrogens (tertiary/aromatic N) is 1. The van der Waals surface area contributed by atoms with Gasteiger partial charge in [0.1, 0.15) is 42.2 Å². The first-order valence-corrected chi connectivity index (χ1v) is 16.4. The van der Waals surface area contributed by atoms with Crippen LogP contribution >= 0.6 is 0 Å². The van der Waals surface area contributed by atoms with Crippen molar-refractivity contribution in [1.29, 1.82) is 0 Å². The van der Waals surface area contributed by atoms with E-state index in [1.165, 1.54) is 13.8 Å². The summed E-state index contributed by atoms with van der Waals surface area (Å²) >= 11 is 0. The zero-order valence-corrected chi connectivity index (χ0v) is 28.4. The fourth-order valence-electron chi connectivity index (χ4n) is 5.47. The zero-order chi connectivity index (χ0) is 35.7. The molecule has 6 atom stereocenters. The van der Waals surface area contributed by atoms with Gasteiger partial charge in [0.2, 0.25) is 23.6 Å². The summed E-state index contributed by atoms with van der Waals surface area (Å²) in [7, 11) is 1.71. The lowest BCUT2D eigenvalue weighted by molar-refractivity contribution is -0.136. The smallest absolute Gasteiger partial charge is 0.268 e. The topological polar surface area (TPSA) is 180 Å². The average Bonchev–Trinajstić information content (AvgIpc) is 3.50. The van der Waals surface area contributed by atoms with Crippen LogP contribution in [-0.4, -0.2) is 82.1 Å². The second-order valence-electron chi connectivity index (χ2n) is 12.8. The zero-order valence-electron chi connectivity index (χ0n) is 28.4. The van der Waals surface area contributed by atoms with Gasteiger partial charge < -0.3 is 41.0 Å². The SMILES string of the molecule is CC(C)[C@H]1NC(=O)[C@H]([C@@H](C)O)NC(=O)[C@@H](C)NC(=O)[C@@H](NC(=O)c2cccn2C)Cc2ccc(cc2)OC[C@H](Cc2ccccc2)NC1=O. The number of nitrogens with one attached hydrogen (secondary N) is 5. The van der Waals surface area contributed by atoms with E-state index in [4.69, 9.17) is 4.74 Å². The van der Waals surface area contributed by atoms with Crippen LogP contribution in [0.4, 0.5) is 0 Å². The number of benzene rings is 2. The number of rotatable bonds is 6. The van der Waals surface area contributed by atoms with Crippen LogP contribution in [0.15, 0.2) is 72.9 Å². The predicted octanol–water partition coefficient (Wildman–Crippen LogP) is 0.997. The van der Waals surface area contributed by atoms with Gasteiger partial charge in [0.25, 0.3) is 5.91 Å². The summed E-state index contributed by atoms with van der Waals surface area (Å²) in [5.41, 5.74) is 2.03. The summed E-state index contributed by atoms with van der Waals surface area (Å²) in [6.45, 7) is 6.42. The maximum atomic E-state index is 13.6. The molecular weight excluding hydrogens is 628 g/mol. The lowest BCUT2D eigenvalue weighted by atomic mass is 10.0. The van der Waals surface area contributed by atoms with Crippen LogP contribution in [0.25, 0.3) is 0 Å². The quantitative estimate of drug-likeness (QED) is 0.211. The maximum Gasteiger partial charge on any atom is 0.268 e. The molecule has 1 aromatic heterocycles. The van der Waals surface area contributed by atoms with Crippen LogP contribution < -0.4 is 31.3 Å². The van der Waals surface area contributed by atoms with E-state index in [9.17, 15) is 29.1 Å². The Bertz CT molecular complexity index is 1610. The van der Waals surface area contributed by atoms with Crippen molar-refractivity contribution < 1.29 is 33.8 Å². The van der Waals surface area contributed by atoms with Gasteiger partial charge in [-0.2, -0.15) is 0 Å². The Morgan fingerprint density at radius 1 is 0.857 bits per heavy atom. The third kappa shape index (κ3) is 10.2. The molecule has 0 saturated carbocycles. The molecule has 2 bridgehead atoms. The second-order valence-corrected chi connectivity index (χ2v) is 12.8. The number of aliphatic hydroxyl groups is 1. The molecule has 0 aliphatic carbocycles. The number of aromatic nitrogens is 1. The number of aliphatic hydroxyl groups excluding tert-OH is 1. The maximum absolute atomic E-state index is 13.6. The number of hydrogen-bond acceptors (Lipinski definition) is 7. The van der Waals surface area contributed by atoms with Gasteiger partial charge in [-0.3, -0.25) is 24.0 Å². The van der Waals surface area contributed by atoms with Crippen LogP contribution in [-0.2, 0) is 39.1 Å². The van der Waals surface area contributed by atoms with E-state index < -0.39 is 65.8 Å². The second kappa shape index (κ2) is 16.8. The molecule has 13 nitrogen and oxygen atoms in total. The van der Waals surface area contributed by atoms with Crippen molar-refractivity contribution in [2.45, 2.75) is 76.8 Å². The van der Waals surface area contributed by atoms with Crippen molar-refractivity contribution in [3.63, 3.8) is 0 Å². The Balaban J connectivity index is 1.66. The van der Waals surface area contributed by atoms with E-state index in [0.717, 1.165) is 5.56 Å². The van der Waals surface area contributed by atoms with Crippen molar-refractivity contribution in [1.82, 2.24) is 31.2 Å². The first-order valence-electron chi connectivity index (χ1n) is 16.4. The third-order valence-electron chi connectivity index (χ3n) is 8.35. The van der Waals surface area contributed by atoms with Gasteiger partial charge >= 0.3 is 0 Å². The highest BCUT2D eigenvalue weighted by Gasteiger charge is 2.34. The fraction of sp³-hybridized carbons (Fsp3) is 0.417. The lowest BCUT2D eigenvalue weighted by Gasteiger charge is -2.29. The van der Waals surface area contributed by atoms with Gasteiger partial charge in [-0.25, -0.2) is 0 Å². The van der Waals surface area contributed by atoms with E-state index in [2.05, 4.69) is 26.6 Å². The molecule has 0 unspecified atom stereocenters. The molecule has 2 aliphatic heterocycles. The van der Waals surface area contributed by atoms with Crippen molar-refractivity contribution in [3.8, 4) is 5.75 Å². The van der Waals surface area contributed by atoms with Crippen LogP contribution in [0, 0.1) is 5.92 Å². The van der Waals surface area contributed by atoms with Gasteiger partial charge in [-0.05, 0) is 61.6 Å². The minimum atomic E-state index is -1.43. The monoisotopic (exact) mass is 674 g/mol. The number of carbonyl (C=O) groups excluding carboxylic acids is 5. The number of fused-ring (bicyclic) bond motifs is 17. The van der Waals surface area contributed by atoms with Crippen LogP contribution in [0.5, 0.6) is 5.75 Å². The average molecular weight is 675 g/mol. The van der Waals surface area contributed by atoms with Gasteiger partial charge in [0.05, 0.1) is 12.1 Å². The first-order chi connectivity index (χ1) is 23.3. The Hall–Kier alpha value is -5.17. The molecule has 5 rings (SSSR count). The van der Waals surface area contributed by atoms with Crippen molar-refractivity contribution in [2.75, 3.05) is 6.61 Å². The highest BCUT2D eigenvalue weighted by molar-refractivity contribution is 5.98. The molecule has 0 radical (unpaired) electrons. The Labute approximate surface area is 286 Å². The standard InChI is InChI=1S/C36H46N6O7/c1-21(2)30-35(47)38-26(18-24-10-7-6-8-11-24)20-49-27-15-13-25(14-16-27)19-28(39-34(46)29-12-9-17-42(29)5)33(45)37-22(3)32(44)41-31(23(4)43)36(48)40-30/h6-17,21-23,26,28,30-31,43H,18-20H2,1-5H3,(H,37,45)(H,38,47)(H,39,46)(H,40,48)(H,41,44)/t22-,23-,26+,28+,30-,31+/m1/s1. The third-order valence-corrected chi connectivity index (χ3v) is 8.35. The van der Waals surface area contributed by atoms with E-state index in [-0.39, 0.29) is 18.9 Å². The molecular formula is C36H46N6O7. The number of hydrogen-bond donors (Lipinski definition) is 6. The number of carbonyl (C=O) groups is 5. The highest BCUT2D eigenvalue weighted by atomic mass is 16.5. The predicted molar refractivity (Wildman–Crippen MR) is 182 cm³/mol. The molecule has 6 N–H and O–H groups in total. The van der Waals surface area contributed by atoms with Gasteiger partial charge in [0, 0.05) is 19.7 Å². The summed E-state index contributed by atoms with van der Waals surface area (Å²) in [5, 5.41) is 24.1. The molecule has 49 heavy (non-hydrogen) atoms. The summed E-state index contributed by atoms with van der Waals surface area (Å²) < 4.78 is 7.73. The minimum absolute atomic E-state index is 0.0958. The molecule has 262 valence electrons. The lowest BCUT2D eigenvalue weighted by Crippen LogP contribution is -2.61. The van der Waals surface area contributed by atoms with Gasteiger partial charge in [0.15, 0.2) is 0 Å². The largest absolute Gasteiger partial charge is 0.491 e. The normalized spacial score (nSPS) is 23.4. The van der Waals surface area contributed by atoms with E-state index in [1.54, 1.807) is 68.1 Å². The van der Waals surface area contributed by atoms with Gasteiger partial charge in [-0.15, -0.1) is 0 Å². The van der Waals surface area contributed by atoms with Gasteiger partial charge in [-0.1, -0.05) is 56.3 Å². The number of aryl methyl sites for hydroxylation is 1. The summed E-state index contributed by atoms with van der Waals surface area (Å²) in [6, 6.07) is 14.8. The van der Waals surface area contributed by atoms with Crippen molar-refractivity contribution in [2.24, 2.45) is 13.0 Å². The molecule has 3 heterocycles. The molecule has 2 aromatic carbocycles. The Morgan fingerprint density at radius 2 is 1.51 bits per heavy atom. The van der Waals surface area contributed by atoms with E-state index in [1.807, 2.05) is 30.3 Å². The summed E-state index contributed by atoms with van der Waals surface area (Å²) in [5.74, 6) is -2.89. The Kier molecular flexibility index (Phi) is 12.6. The first kappa shape index (κ1) is 36.7. The van der Waals surface area contributed by atoms with Crippen LogP contribution in [0.1, 0.15) is 49.3 Å². The summed E-state index contributed by atoms with van der Waals surface area (Å²) in [6.07, 6.45) is 0.922. The molecule has 0 fully saturated rings. The molecule has 0 saturated heterocycles. The fourth-order valence-corrected chi connectivity index (χ4v) is 5.47. The van der Waals surface area contributed by atoms with Crippen molar-refractivity contribution in [3.05, 3.63) is 89.7 Å². The van der Waals surface area contributed by atoms with E-state index in [0.29, 0.717) is 23.4 Å². The summed E-state index contributed by atoms with van der Waals surface area (Å²) in [4.78, 5) is 67.0. The molecule has 13 heteroatoms. The van der Waals surface area contributed by atoms with Crippen molar-refractivity contribution >= 4 is 29.5 Å². The minimum Gasteiger partial charge on any atom is -0.491 e. The van der Waals surface area contributed by atoms with Crippen LogP contribution in [0.2, 0.25) is 0 Å². The molecule has 5 amide bonds. The Morgan fingerprint density at radius 3 is 2.12 bits per heavy atom. The number of ether oxygens (including phenoxy) is 1. The van der Waals surface area contributed by atoms with E-state index >= 15 is 0 Å². The molecule has 2 aliphatic rings. The van der Waals surface area contributed by atoms with Crippen LogP contribution in [0.3, 0.4) is 0 Å². The highest BCUT2D eigenvalue weighted by Crippen LogP contribution is 2.16.